The molecule has 0 aromatic heterocycles. The fourth-order valence-corrected chi connectivity index (χ4v) is 4.23. The zero-order valence-electron chi connectivity index (χ0n) is 15.2. The molecule has 0 unspecified atom stereocenters. The molecule has 2 aromatic carbocycles. The first kappa shape index (κ1) is 21.4. The topological polar surface area (TPSA) is 92.8 Å². The largest absolute Gasteiger partial charge is 0.452 e. The molecule has 29 heavy (non-hydrogen) atoms. The predicted molar refractivity (Wildman–Crippen MR) is 110 cm³/mol. The molecule has 0 radical (unpaired) electrons. The number of amides is 1. The van der Waals surface area contributed by atoms with Gasteiger partial charge in [0.15, 0.2) is 6.61 Å². The van der Waals surface area contributed by atoms with Crippen LogP contribution in [0, 0.1) is 0 Å². The van der Waals surface area contributed by atoms with E-state index in [-0.39, 0.29) is 21.4 Å². The van der Waals surface area contributed by atoms with Crippen LogP contribution in [0.1, 0.15) is 23.2 Å². The van der Waals surface area contributed by atoms with Crippen molar-refractivity contribution in [2.45, 2.75) is 17.7 Å². The van der Waals surface area contributed by atoms with Crippen molar-refractivity contribution in [1.29, 1.82) is 0 Å². The molecule has 2 aromatic rings. The lowest BCUT2D eigenvalue weighted by Crippen LogP contribution is -2.32. The Balaban J connectivity index is 1.73. The van der Waals surface area contributed by atoms with Gasteiger partial charge in [0.1, 0.15) is 0 Å². The number of halogens is 2. The van der Waals surface area contributed by atoms with E-state index in [1.54, 1.807) is 17.0 Å². The van der Waals surface area contributed by atoms with E-state index in [4.69, 9.17) is 27.9 Å². The third kappa shape index (κ3) is 5.41. The molecule has 0 spiro atoms. The summed E-state index contributed by atoms with van der Waals surface area (Å²) in [6.45, 7) is 0.859. The highest BCUT2D eigenvalue weighted by atomic mass is 35.5. The van der Waals surface area contributed by atoms with Gasteiger partial charge in [-0.15, -0.1) is 0 Å². The van der Waals surface area contributed by atoms with Gasteiger partial charge in [0, 0.05) is 23.8 Å². The summed E-state index contributed by atoms with van der Waals surface area (Å²) >= 11 is 11.8. The molecule has 3 rings (SSSR count). The first-order valence-electron chi connectivity index (χ1n) is 8.79. The number of sulfonamides is 1. The summed E-state index contributed by atoms with van der Waals surface area (Å²) in [4.78, 5) is 25.8. The highest BCUT2D eigenvalue weighted by Gasteiger charge is 2.22. The van der Waals surface area contributed by atoms with E-state index in [9.17, 15) is 18.0 Å². The van der Waals surface area contributed by atoms with Crippen LogP contribution in [0.5, 0.6) is 0 Å². The van der Waals surface area contributed by atoms with Crippen molar-refractivity contribution in [3.63, 3.8) is 0 Å². The number of benzene rings is 2. The highest BCUT2D eigenvalue weighted by molar-refractivity contribution is 7.92. The zero-order chi connectivity index (χ0) is 21.0. The molecular weight excluding hydrogens is 439 g/mol. The Hall–Kier alpha value is -2.29. The fraction of sp³-hybridized carbons (Fsp3) is 0.263. The van der Waals surface area contributed by atoms with Gasteiger partial charge in [-0.1, -0.05) is 23.2 Å². The molecule has 7 nitrogen and oxygen atoms in total. The van der Waals surface area contributed by atoms with Gasteiger partial charge in [0.05, 0.1) is 15.5 Å². The van der Waals surface area contributed by atoms with Crippen molar-refractivity contribution in [2.24, 2.45) is 0 Å². The molecule has 0 aliphatic carbocycles. The molecule has 1 amide bonds. The van der Waals surface area contributed by atoms with Crippen molar-refractivity contribution < 1.29 is 22.7 Å². The molecule has 154 valence electrons. The fourth-order valence-electron chi connectivity index (χ4n) is 2.82. The molecule has 1 aliphatic rings. The van der Waals surface area contributed by atoms with Gasteiger partial charge < -0.3 is 9.64 Å². The number of nitrogens with zero attached hydrogens (tertiary/aromatic N) is 1. The molecule has 0 saturated carbocycles. The van der Waals surface area contributed by atoms with Crippen molar-refractivity contribution in [3.8, 4) is 0 Å². The third-order valence-electron chi connectivity index (χ3n) is 4.35. The first-order valence-corrected chi connectivity index (χ1v) is 11.0. The average molecular weight is 457 g/mol. The molecule has 0 bridgehead atoms. The van der Waals surface area contributed by atoms with Gasteiger partial charge >= 0.3 is 5.97 Å². The number of anilines is 1. The Labute approximate surface area is 178 Å². The van der Waals surface area contributed by atoms with Crippen molar-refractivity contribution >= 4 is 50.8 Å². The molecule has 1 aliphatic heterocycles. The first-order chi connectivity index (χ1) is 13.8. The van der Waals surface area contributed by atoms with Crippen LogP contribution in [0.25, 0.3) is 0 Å². The van der Waals surface area contributed by atoms with Crippen LogP contribution < -0.4 is 4.72 Å². The minimum absolute atomic E-state index is 0.0223. The molecular formula is C19H18Cl2N2O5S. The summed E-state index contributed by atoms with van der Waals surface area (Å²) in [6, 6.07) is 9.78. The van der Waals surface area contributed by atoms with E-state index in [0.29, 0.717) is 23.8 Å². The lowest BCUT2D eigenvalue weighted by Gasteiger charge is -2.15. The molecule has 1 fully saturated rings. The molecule has 1 N–H and O–H groups in total. The monoisotopic (exact) mass is 456 g/mol. The average Bonchev–Trinajstić information content (AvgIpc) is 3.22. The summed E-state index contributed by atoms with van der Waals surface area (Å²) in [5.74, 6) is -1.16. The Morgan fingerprint density at radius 1 is 1.03 bits per heavy atom. The van der Waals surface area contributed by atoms with E-state index in [2.05, 4.69) is 4.72 Å². The number of nitrogens with one attached hydrogen (secondary N) is 1. The van der Waals surface area contributed by atoms with Crippen LogP contribution in [0.4, 0.5) is 5.69 Å². The lowest BCUT2D eigenvalue weighted by molar-refractivity contribution is -0.133. The van der Waals surface area contributed by atoms with Crippen LogP contribution in [0.3, 0.4) is 0 Å². The maximum atomic E-state index is 12.6. The number of hydrogen-bond acceptors (Lipinski definition) is 5. The van der Waals surface area contributed by atoms with Crippen LogP contribution >= 0.6 is 23.2 Å². The van der Waals surface area contributed by atoms with E-state index in [0.717, 1.165) is 18.9 Å². The number of ether oxygens (including phenoxy) is 1. The van der Waals surface area contributed by atoms with Gasteiger partial charge in [0.2, 0.25) is 0 Å². The quantitative estimate of drug-likeness (QED) is 0.670. The Morgan fingerprint density at radius 3 is 2.34 bits per heavy atom. The second-order valence-corrected chi connectivity index (χ2v) is 8.94. The highest BCUT2D eigenvalue weighted by Crippen LogP contribution is 2.24. The summed E-state index contributed by atoms with van der Waals surface area (Å²) in [5, 5.41) is 0.488. The molecule has 0 atom stereocenters. The van der Waals surface area contributed by atoms with E-state index in [1.807, 2.05) is 0 Å². The lowest BCUT2D eigenvalue weighted by atomic mass is 10.2. The zero-order valence-corrected chi connectivity index (χ0v) is 17.6. The van der Waals surface area contributed by atoms with Crippen LogP contribution in [0.2, 0.25) is 10.0 Å². The Kier molecular flexibility index (Phi) is 6.66. The van der Waals surface area contributed by atoms with Gasteiger partial charge in [-0.2, -0.15) is 0 Å². The third-order valence-corrected chi connectivity index (χ3v) is 6.31. The minimum atomic E-state index is -3.98. The van der Waals surface area contributed by atoms with Gasteiger partial charge in [-0.25, -0.2) is 13.2 Å². The maximum absolute atomic E-state index is 12.6. The normalized spacial score (nSPS) is 13.9. The summed E-state index contributed by atoms with van der Waals surface area (Å²) in [7, 11) is -3.98. The van der Waals surface area contributed by atoms with Crippen LogP contribution in [-0.4, -0.2) is 44.9 Å². The second-order valence-electron chi connectivity index (χ2n) is 6.42. The Bertz CT molecular complexity index is 1020. The van der Waals surface area contributed by atoms with Crippen LogP contribution in [-0.2, 0) is 19.6 Å². The van der Waals surface area contributed by atoms with Gasteiger partial charge in [-0.05, 0) is 55.3 Å². The van der Waals surface area contributed by atoms with E-state index < -0.39 is 22.6 Å². The summed E-state index contributed by atoms with van der Waals surface area (Å²) in [6.07, 6.45) is 1.85. The maximum Gasteiger partial charge on any atom is 0.340 e. The number of carbonyl (C=O) groups is 2. The predicted octanol–water partition coefficient (Wildman–Crippen LogP) is 3.57. The van der Waals surface area contributed by atoms with Crippen molar-refractivity contribution in [3.05, 3.63) is 58.1 Å². The number of rotatable bonds is 6. The van der Waals surface area contributed by atoms with Crippen LogP contribution in [0.15, 0.2) is 47.4 Å². The SMILES string of the molecule is O=C(OCC(=O)N1CCCC1)c1cc(S(=O)(=O)Nc2ccc(Cl)cc2)ccc1Cl. The summed E-state index contributed by atoms with van der Waals surface area (Å²) in [5.41, 5.74) is 0.171. The number of carbonyl (C=O) groups excluding carboxylic acids is 2. The van der Waals surface area contributed by atoms with Crippen molar-refractivity contribution in [1.82, 2.24) is 4.90 Å². The Morgan fingerprint density at radius 2 is 1.69 bits per heavy atom. The molecule has 1 heterocycles. The van der Waals surface area contributed by atoms with Gasteiger partial charge in [0.25, 0.3) is 15.9 Å². The number of hydrogen-bond donors (Lipinski definition) is 1. The summed E-state index contributed by atoms with van der Waals surface area (Å²) < 4.78 is 32.7. The standard InChI is InChI=1S/C19H18Cl2N2O5S/c20-13-3-5-14(6-4-13)22-29(26,27)15-7-8-17(21)16(11-15)19(25)28-12-18(24)23-9-1-2-10-23/h3-8,11,22H,1-2,9-10,12H2. The van der Waals surface area contributed by atoms with E-state index >= 15 is 0 Å². The number of likely N-dealkylation sites (tertiary alicyclic amines) is 1. The smallest absolute Gasteiger partial charge is 0.340 e. The van der Waals surface area contributed by atoms with E-state index in [1.165, 1.54) is 24.3 Å². The second kappa shape index (κ2) is 9.02. The minimum Gasteiger partial charge on any atom is -0.452 e. The van der Waals surface area contributed by atoms with Gasteiger partial charge in [-0.3, -0.25) is 9.52 Å². The molecule has 10 heteroatoms. The molecule has 1 saturated heterocycles. The van der Waals surface area contributed by atoms with Crippen molar-refractivity contribution in [2.75, 3.05) is 24.4 Å². The number of esters is 1.